The molecule has 0 spiro atoms. The molecule has 4 rings (SSSR count). The Morgan fingerprint density at radius 2 is 1.55 bits per heavy atom. The minimum atomic E-state index is -3.88. The lowest BCUT2D eigenvalue weighted by Crippen LogP contribution is -2.31. The van der Waals surface area contributed by atoms with Crippen LogP contribution in [-0.4, -0.2) is 20.9 Å². The second-order valence-electron chi connectivity index (χ2n) is 8.71. The van der Waals surface area contributed by atoms with E-state index in [2.05, 4.69) is 5.32 Å². The fourth-order valence-corrected chi connectivity index (χ4v) is 5.65. The number of sulfonamides is 1. The van der Waals surface area contributed by atoms with Gasteiger partial charge in [0.15, 0.2) is 0 Å². The molecule has 0 heterocycles. The third-order valence-electron chi connectivity index (χ3n) is 6.00. The van der Waals surface area contributed by atoms with Gasteiger partial charge in [0.2, 0.25) is 0 Å². The van der Waals surface area contributed by atoms with Crippen molar-refractivity contribution in [3.63, 3.8) is 0 Å². The van der Waals surface area contributed by atoms with Gasteiger partial charge in [-0.1, -0.05) is 60.1 Å². The standard InChI is InChI=1S/C30H29ClN2O4S/c1-3-37-27-17-12-23(13-18-27)20-32-30(34)25-14-10-24(11-15-25)21-33(29-19-26(31)16-9-22(29)2)38(35,36)28-7-5-4-6-8-28/h4-19H,3,20-21H2,1-2H3,(H,32,34). The summed E-state index contributed by atoms with van der Waals surface area (Å²) >= 11 is 6.24. The predicted octanol–water partition coefficient (Wildman–Crippen LogP) is 6.37. The maximum Gasteiger partial charge on any atom is 0.264 e. The molecule has 4 aromatic rings. The molecule has 0 saturated heterocycles. The lowest BCUT2D eigenvalue weighted by atomic mass is 10.1. The molecular formula is C30H29ClN2O4S. The van der Waals surface area contributed by atoms with Crippen molar-refractivity contribution in [1.82, 2.24) is 5.32 Å². The average molecular weight is 549 g/mol. The summed E-state index contributed by atoms with van der Waals surface area (Å²) in [5.41, 5.74) is 3.44. The molecule has 0 saturated carbocycles. The number of nitrogens with one attached hydrogen (secondary N) is 1. The number of nitrogens with zero attached hydrogens (tertiary/aromatic N) is 1. The van der Waals surface area contributed by atoms with Gasteiger partial charge >= 0.3 is 0 Å². The Labute approximate surface area is 228 Å². The summed E-state index contributed by atoms with van der Waals surface area (Å²) in [6.45, 7) is 4.83. The molecule has 0 bridgehead atoms. The molecule has 0 unspecified atom stereocenters. The topological polar surface area (TPSA) is 75.7 Å². The Bertz CT molecular complexity index is 1490. The molecule has 6 nitrogen and oxygen atoms in total. The number of anilines is 1. The molecule has 0 aliphatic heterocycles. The van der Waals surface area contributed by atoms with Crippen LogP contribution in [0, 0.1) is 6.92 Å². The number of aryl methyl sites for hydroxylation is 1. The maximum atomic E-state index is 13.7. The third-order valence-corrected chi connectivity index (χ3v) is 8.01. The first-order valence-electron chi connectivity index (χ1n) is 12.2. The highest BCUT2D eigenvalue weighted by molar-refractivity contribution is 7.92. The van der Waals surface area contributed by atoms with E-state index in [1.807, 2.05) is 38.1 Å². The smallest absolute Gasteiger partial charge is 0.264 e. The van der Waals surface area contributed by atoms with Gasteiger partial charge in [0.25, 0.3) is 15.9 Å². The number of rotatable bonds is 10. The van der Waals surface area contributed by atoms with Gasteiger partial charge in [0.1, 0.15) is 5.75 Å². The number of hydrogen-bond donors (Lipinski definition) is 1. The number of hydrogen-bond acceptors (Lipinski definition) is 4. The zero-order valence-corrected chi connectivity index (χ0v) is 22.8. The molecule has 0 atom stereocenters. The molecule has 1 amide bonds. The summed E-state index contributed by atoms with van der Waals surface area (Å²) in [5.74, 6) is 0.569. The lowest BCUT2D eigenvalue weighted by Gasteiger charge is -2.26. The molecular weight excluding hydrogens is 520 g/mol. The second-order valence-corrected chi connectivity index (χ2v) is 11.0. The molecule has 196 valence electrons. The average Bonchev–Trinajstić information content (AvgIpc) is 2.93. The molecule has 4 aromatic carbocycles. The Morgan fingerprint density at radius 3 is 2.21 bits per heavy atom. The van der Waals surface area contributed by atoms with Gasteiger partial charge in [-0.15, -0.1) is 0 Å². The van der Waals surface area contributed by atoms with Gasteiger partial charge < -0.3 is 10.1 Å². The van der Waals surface area contributed by atoms with Gasteiger partial charge in [-0.05, 0) is 79.1 Å². The van der Waals surface area contributed by atoms with Crippen LogP contribution in [0.15, 0.2) is 102 Å². The number of benzene rings is 4. The maximum absolute atomic E-state index is 13.7. The van der Waals surface area contributed by atoms with E-state index < -0.39 is 10.0 Å². The van der Waals surface area contributed by atoms with Crippen molar-refractivity contribution >= 4 is 33.2 Å². The largest absolute Gasteiger partial charge is 0.494 e. The Kier molecular flexibility index (Phi) is 8.71. The van der Waals surface area contributed by atoms with Gasteiger partial charge in [0, 0.05) is 17.1 Å². The van der Waals surface area contributed by atoms with Crippen LogP contribution in [0.4, 0.5) is 5.69 Å². The van der Waals surface area contributed by atoms with Crippen LogP contribution in [0.1, 0.15) is 34.0 Å². The highest BCUT2D eigenvalue weighted by Crippen LogP contribution is 2.31. The number of ether oxygens (including phenoxy) is 1. The monoisotopic (exact) mass is 548 g/mol. The number of halogens is 1. The normalized spacial score (nSPS) is 11.1. The Morgan fingerprint density at radius 1 is 0.895 bits per heavy atom. The Hall–Kier alpha value is -3.81. The van der Waals surface area contributed by atoms with Crippen molar-refractivity contribution in [2.45, 2.75) is 31.8 Å². The summed E-state index contributed by atoms with van der Waals surface area (Å²) in [7, 11) is -3.88. The van der Waals surface area contributed by atoms with Crippen molar-refractivity contribution in [3.8, 4) is 5.75 Å². The zero-order chi connectivity index (χ0) is 27.1. The van der Waals surface area contributed by atoms with Gasteiger partial charge in [0.05, 0.1) is 23.7 Å². The Balaban J connectivity index is 1.52. The second kappa shape index (κ2) is 12.2. The van der Waals surface area contributed by atoms with Crippen molar-refractivity contribution in [2.75, 3.05) is 10.9 Å². The highest BCUT2D eigenvalue weighted by Gasteiger charge is 2.26. The summed E-state index contributed by atoms with van der Waals surface area (Å²) in [6, 6.07) is 28.0. The van der Waals surface area contributed by atoms with Crippen LogP contribution in [0.5, 0.6) is 5.75 Å². The molecule has 0 aromatic heterocycles. The summed E-state index contributed by atoms with van der Waals surface area (Å²) < 4.78 is 34.1. The van der Waals surface area contributed by atoms with E-state index in [9.17, 15) is 13.2 Å². The molecule has 38 heavy (non-hydrogen) atoms. The molecule has 0 aliphatic carbocycles. The SMILES string of the molecule is CCOc1ccc(CNC(=O)c2ccc(CN(c3cc(Cl)ccc3C)S(=O)(=O)c3ccccc3)cc2)cc1. The van der Waals surface area contributed by atoms with Crippen molar-refractivity contribution in [1.29, 1.82) is 0 Å². The lowest BCUT2D eigenvalue weighted by molar-refractivity contribution is 0.0951. The van der Waals surface area contributed by atoms with E-state index in [1.54, 1.807) is 72.8 Å². The van der Waals surface area contributed by atoms with Crippen LogP contribution in [0.3, 0.4) is 0 Å². The van der Waals surface area contributed by atoms with Gasteiger partial charge in [-0.3, -0.25) is 9.10 Å². The first-order valence-corrected chi connectivity index (χ1v) is 14.0. The van der Waals surface area contributed by atoms with E-state index in [1.165, 1.54) is 4.31 Å². The van der Waals surface area contributed by atoms with E-state index in [0.717, 1.165) is 22.4 Å². The van der Waals surface area contributed by atoms with E-state index in [0.29, 0.717) is 29.4 Å². The first kappa shape index (κ1) is 27.2. The highest BCUT2D eigenvalue weighted by atomic mass is 35.5. The van der Waals surface area contributed by atoms with Crippen molar-refractivity contribution in [2.24, 2.45) is 0 Å². The van der Waals surface area contributed by atoms with E-state index in [4.69, 9.17) is 16.3 Å². The number of carbonyl (C=O) groups is 1. The van der Waals surface area contributed by atoms with Crippen molar-refractivity contribution < 1.29 is 17.9 Å². The summed E-state index contributed by atoms with van der Waals surface area (Å²) in [6.07, 6.45) is 0. The van der Waals surface area contributed by atoms with Crippen LogP contribution in [0.25, 0.3) is 0 Å². The molecule has 0 radical (unpaired) electrons. The predicted molar refractivity (Wildman–Crippen MR) is 151 cm³/mol. The molecule has 1 N–H and O–H groups in total. The van der Waals surface area contributed by atoms with Gasteiger partial charge in [-0.25, -0.2) is 8.42 Å². The van der Waals surface area contributed by atoms with Gasteiger partial charge in [-0.2, -0.15) is 0 Å². The number of carbonyl (C=O) groups excluding carboxylic acids is 1. The fourth-order valence-electron chi connectivity index (χ4n) is 3.95. The minimum Gasteiger partial charge on any atom is -0.494 e. The van der Waals surface area contributed by atoms with Crippen LogP contribution in [0.2, 0.25) is 5.02 Å². The third kappa shape index (κ3) is 6.54. The zero-order valence-electron chi connectivity index (χ0n) is 21.2. The summed E-state index contributed by atoms with van der Waals surface area (Å²) in [5, 5.41) is 3.35. The quantitative estimate of drug-likeness (QED) is 0.250. The first-order chi connectivity index (χ1) is 18.3. The molecule has 0 fully saturated rings. The summed E-state index contributed by atoms with van der Waals surface area (Å²) in [4.78, 5) is 12.9. The minimum absolute atomic E-state index is 0.0759. The van der Waals surface area contributed by atoms with E-state index >= 15 is 0 Å². The molecule has 0 aliphatic rings. The van der Waals surface area contributed by atoms with Crippen molar-refractivity contribution in [3.05, 3.63) is 124 Å². The number of amides is 1. The molecule has 8 heteroatoms. The van der Waals surface area contributed by atoms with E-state index in [-0.39, 0.29) is 17.3 Å². The fraction of sp³-hybridized carbons (Fsp3) is 0.167. The van der Waals surface area contributed by atoms with Crippen LogP contribution >= 0.6 is 11.6 Å². The van der Waals surface area contributed by atoms with Crippen LogP contribution in [-0.2, 0) is 23.1 Å². The van der Waals surface area contributed by atoms with Crippen LogP contribution < -0.4 is 14.4 Å².